The van der Waals surface area contributed by atoms with E-state index in [1.165, 1.54) is 42.8 Å². The first kappa shape index (κ1) is 15.0. The Morgan fingerprint density at radius 2 is 2.00 bits per heavy atom. The summed E-state index contributed by atoms with van der Waals surface area (Å²) in [6, 6.07) is 0. The third-order valence-electron chi connectivity index (χ3n) is 4.70. The Hall–Kier alpha value is -0.410. The van der Waals surface area contributed by atoms with Gasteiger partial charge in [0.15, 0.2) is 0 Å². The van der Waals surface area contributed by atoms with Crippen LogP contribution in [0.5, 0.6) is 0 Å². The van der Waals surface area contributed by atoms with Crippen molar-refractivity contribution in [2.45, 2.75) is 70.8 Å². The van der Waals surface area contributed by atoms with Gasteiger partial charge in [0.2, 0.25) is 0 Å². The summed E-state index contributed by atoms with van der Waals surface area (Å²) in [5.41, 5.74) is 1.53. The molecule has 19 heavy (non-hydrogen) atoms. The molecule has 108 valence electrons. The zero-order chi connectivity index (χ0) is 14.1. The molecule has 3 heteroatoms. The van der Waals surface area contributed by atoms with Crippen molar-refractivity contribution in [3.05, 3.63) is 16.1 Å². The van der Waals surface area contributed by atoms with E-state index in [4.69, 9.17) is 4.98 Å². The molecule has 0 atom stereocenters. The molecule has 0 bridgehead atoms. The van der Waals surface area contributed by atoms with E-state index in [1.807, 2.05) is 11.3 Å². The second-order valence-electron chi connectivity index (χ2n) is 6.97. The van der Waals surface area contributed by atoms with Gasteiger partial charge in [-0.05, 0) is 38.6 Å². The maximum atomic E-state index is 4.96. The maximum absolute atomic E-state index is 4.96. The topological polar surface area (TPSA) is 24.9 Å². The summed E-state index contributed by atoms with van der Waals surface area (Å²) in [7, 11) is 2.10. The summed E-state index contributed by atoms with van der Waals surface area (Å²) >= 11 is 1.84. The molecular formula is C16H28N2S. The molecule has 1 aromatic heterocycles. The Morgan fingerprint density at radius 3 is 2.42 bits per heavy atom. The number of hydrogen-bond acceptors (Lipinski definition) is 3. The molecule has 0 radical (unpaired) electrons. The van der Waals surface area contributed by atoms with E-state index in [1.54, 1.807) is 0 Å². The van der Waals surface area contributed by atoms with Gasteiger partial charge < -0.3 is 5.32 Å². The molecule has 0 aromatic carbocycles. The third kappa shape index (κ3) is 3.03. The van der Waals surface area contributed by atoms with Crippen LogP contribution in [0.4, 0.5) is 0 Å². The fourth-order valence-corrected chi connectivity index (χ4v) is 4.30. The molecule has 0 saturated heterocycles. The highest BCUT2D eigenvalue weighted by molar-refractivity contribution is 7.09. The Balaban J connectivity index is 2.20. The largest absolute Gasteiger partial charge is 0.308 e. The SMILES string of the molecule is CCC1CCC(NC)(c2nc(C(C)(C)C)cs2)CC1. The average molecular weight is 280 g/mol. The predicted molar refractivity (Wildman–Crippen MR) is 83.8 cm³/mol. The Morgan fingerprint density at radius 1 is 1.37 bits per heavy atom. The highest BCUT2D eigenvalue weighted by Crippen LogP contribution is 2.42. The van der Waals surface area contributed by atoms with E-state index in [9.17, 15) is 0 Å². The molecule has 1 aromatic rings. The van der Waals surface area contributed by atoms with Gasteiger partial charge in [-0.3, -0.25) is 0 Å². The van der Waals surface area contributed by atoms with E-state index < -0.39 is 0 Å². The minimum absolute atomic E-state index is 0.139. The molecule has 1 heterocycles. The number of aromatic nitrogens is 1. The van der Waals surface area contributed by atoms with Gasteiger partial charge in [0.1, 0.15) is 5.01 Å². The van der Waals surface area contributed by atoms with E-state index >= 15 is 0 Å². The summed E-state index contributed by atoms with van der Waals surface area (Å²) < 4.78 is 0. The van der Waals surface area contributed by atoms with Crippen molar-refractivity contribution in [1.82, 2.24) is 10.3 Å². The van der Waals surface area contributed by atoms with E-state index in [0.717, 1.165) is 5.92 Å². The molecule has 1 saturated carbocycles. The minimum Gasteiger partial charge on any atom is -0.308 e. The molecule has 1 N–H and O–H groups in total. The maximum Gasteiger partial charge on any atom is 0.113 e. The summed E-state index contributed by atoms with van der Waals surface area (Å²) in [6.07, 6.45) is 6.46. The van der Waals surface area contributed by atoms with E-state index in [0.29, 0.717) is 0 Å². The third-order valence-corrected chi connectivity index (χ3v) is 5.74. The smallest absolute Gasteiger partial charge is 0.113 e. The summed E-state index contributed by atoms with van der Waals surface area (Å²) in [5, 5.41) is 7.14. The lowest BCUT2D eigenvalue weighted by Gasteiger charge is -2.38. The number of nitrogens with zero attached hydrogens (tertiary/aromatic N) is 1. The fraction of sp³-hybridized carbons (Fsp3) is 0.812. The highest BCUT2D eigenvalue weighted by Gasteiger charge is 2.38. The van der Waals surface area contributed by atoms with Crippen LogP contribution in [0.3, 0.4) is 0 Å². The van der Waals surface area contributed by atoms with Gasteiger partial charge in [-0.2, -0.15) is 0 Å². The van der Waals surface area contributed by atoms with Crippen molar-refractivity contribution in [3.8, 4) is 0 Å². The molecule has 1 aliphatic carbocycles. The number of thiazole rings is 1. The number of rotatable bonds is 3. The molecule has 2 nitrogen and oxygen atoms in total. The quantitative estimate of drug-likeness (QED) is 0.884. The molecule has 1 fully saturated rings. The van der Waals surface area contributed by atoms with E-state index in [-0.39, 0.29) is 11.0 Å². The van der Waals surface area contributed by atoms with Crippen LogP contribution in [0.25, 0.3) is 0 Å². The van der Waals surface area contributed by atoms with Crippen molar-refractivity contribution in [2.24, 2.45) is 5.92 Å². The van der Waals surface area contributed by atoms with Gasteiger partial charge in [0.25, 0.3) is 0 Å². The number of nitrogens with one attached hydrogen (secondary N) is 1. The normalized spacial score (nSPS) is 28.6. The minimum atomic E-state index is 0.139. The van der Waals surface area contributed by atoms with Gasteiger partial charge in [-0.15, -0.1) is 11.3 Å². The number of hydrogen-bond donors (Lipinski definition) is 1. The first-order chi connectivity index (χ1) is 8.91. The van der Waals surface area contributed by atoms with Gasteiger partial charge in [0, 0.05) is 10.8 Å². The van der Waals surface area contributed by atoms with Crippen molar-refractivity contribution < 1.29 is 0 Å². The van der Waals surface area contributed by atoms with Gasteiger partial charge in [-0.25, -0.2) is 4.98 Å². The Labute approximate surface area is 122 Å². The first-order valence-corrected chi connectivity index (χ1v) is 8.44. The van der Waals surface area contributed by atoms with Crippen LogP contribution in [0.15, 0.2) is 5.38 Å². The van der Waals surface area contributed by atoms with Crippen LogP contribution in [0, 0.1) is 5.92 Å². The highest BCUT2D eigenvalue weighted by atomic mass is 32.1. The molecule has 2 rings (SSSR count). The monoisotopic (exact) mass is 280 g/mol. The summed E-state index contributed by atoms with van der Waals surface area (Å²) in [6.45, 7) is 9.04. The molecule has 0 spiro atoms. The average Bonchev–Trinajstić information content (AvgIpc) is 2.89. The second kappa shape index (κ2) is 5.53. The lowest BCUT2D eigenvalue weighted by molar-refractivity contribution is 0.195. The van der Waals surface area contributed by atoms with Crippen LogP contribution < -0.4 is 5.32 Å². The first-order valence-electron chi connectivity index (χ1n) is 7.56. The van der Waals surface area contributed by atoms with E-state index in [2.05, 4.69) is 45.4 Å². The van der Waals surface area contributed by atoms with Gasteiger partial charge >= 0.3 is 0 Å². The van der Waals surface area contributed by atoms with Crippen LogP contribution in [-0.2, 0) is 11.0 Å². The van der Waals surface area contributed by atoms with Crippen molar-refractivity contribution in [3.63, 3.8) is 0 Å². The molecule has 1 aliphatic rings. The summed E-state index contributed by atoms with van der Waals surface area (Å²) in [5.74, 6) is 0.920. The van der Waals surface area contributed by atoms with Crippen molar-refractivity contribution in [1.29, 1.82) is 0 Å². The lowest BCUT2D eigenvalue weighted by atomic mass is 9.76. The van der Waals surface area contributed by atoms with Crippen LogP contribution in [0.2, 0.25) is 0 Å². The second-order valence-corrected chi connectivity index (χ2v) is 7.83. The summed E-state index contributed by atoms with van der Waals surface area (Å²) in [4.78, 5) is 4.96. The molecule has 0 unspecified atom stereocenters. The lowest BCUT2D eigenvalue weighted by Crippen LogP contribution is -2.43. The van der Waals surface area contributed by atoms with Gasteiger partial charge in [-0.1, -0.05) is 34.1 Å². The Bertz CT molecular complexity index is 409. The van der Waals surface area contributed by atoms with Crippen LogP contribution in [-0.4, -0.2) is 12.0 Å². The van der Waals surface area contributed by atoms with Crippen LogP contribution in [0.1, 0.15) is 70.5 Å². The zero-order valence-electron chi connectivity index (χ0n) is 13.0. The molecular weight excluding hydrogens is 252 g/mol. The molecule has 0 aliphatic heterocycles. The Kier molecular flexibility index (Phi) is 4.36. The van der Waals surface area contributed by atoms with Gasteiger partial charge in [0.05, 0.1) is 11.2 Å². The molecule has 0 amide bonds. The standard InChI is InChI=1S/C16H28N2S/c1-6-12-7-9-16(17-5,10-8-12)14-18-13(11-19-14)15(2,3)4/h11-12,17H,6-10H2,1-5H3. The van der Waals surface area contributed by atoms with Crippen LogP contribution >= 0.6 is 11.3 Å². The van der Waals surface area contributed by atoms with Crippen molar-refractivity contribution in [2.75, 3.05) is 7.05 Å². The fourth-order valence-electron chi connectivity index (χ4n) is 2.99. The predicted octanol–water partition coefficient (Wildman–Crippen LogP) is 4.46. The zero-order valence-corrected chi connectivity index (χ0v) is 13.9. The van der Waals surface area contributed by atoms with Crippen molar-refractivity contribution >= 4 is 11.3 Å².